The maximum absolute atomic E-state index is 12.5. The Morgan fingerprint density at radius 1 is 1.59 bits per heavy atom. The fourth-order valence-electron chi connectivity index (χ4n) is 2.58. The summed E-state index contributed by atoms with van der Waals surface area (Å²) in [6.07, 6.45) is 3.88. The van der Waals surface area contributed by atoms with Crippen molar-refractivity contribution in [2.45, 2.75) is 37.4 Å². The molecule has 1 atom stereocenters. The monoisotopic (exact) mass is 321 g/mol. The molecule has 2 aromatic rings. The Morgan fingerprint density at radius 2 is 2.41 bits per heavy atom. The number of fused-ring (bicyclic) bond motifs is 2. The van der Waals surface area contributed by atoms with E-state index in [0.717, 1.165) is 19.4 Å². The Bertz CT molecular complexity index is 753. The second-order valence-corrected chi connectivity index (χ2v) is 6.53. The van der Waals surface area contributed by atoms with Crippen molar-refractivity contribution in [3.05, 3.63) is 16.6 Å². The highest BCUT2D eigenvalue weighted by atomic mass is 32.2. The van der Waals surface area contributed by atoms with Crippen molar-refractivity contribution in [3.63, 3.8) is 0 Å². The fourth-order valence-corrected chi connectivity index (χ4v) is 3.72. The van der Waals surface area contributed by atoms with Gasteiger partial charge in [-0.15, -0.1) is 0 Å². The molecule has 1 N–H and O–H groups in total. The van der Waals surface area contributed by atoms with Crippen molar-refractivity contribution in [3.8, 4) is 0 Å². The lowest BCUT2D eigenvalue weighted by Crippen LogP contribution is -2.32. The maximum atomic E-state index is 12.5. The van der Waals surface area contributed by atoms with Gasteiger partial charge in [-0.25, -0.2) is 4.98 Å². The minimum absolute atomic E-state index is 0.0751. The van der Waals surface area contributed by atoms with E-state index in [9.17, 15) is 9.59 Å². The van der Waals surface area contributed by atoms with E-state index in [4.69, 9.17) is 0 Å². The molecular weight excluding hydrogens is 302 g/mol. The van der Waals surface area contributed by atoms with E-state index in [-0.39, 0.29) is 17.5 Å². The van der Waals surface area contributed by atoms with Crippen LogP contribution in [0.2, 0.25) is 0 Å². The number of unbranched alkanes of at least 4 members (excludes halogenated alkanes) is 1. The summed E-state index contributed by atoms with van der Waals surface area (Å²) in [7, 11) is 1.82. The van der Waals surface area contributed by atoms with Gasteiger partial charge in [0.1, 0.15) is 5.39 Å². The Kier molecular flexibility index (Phi) is 4.19. The topological polar surface area (TPSA) is 83.9 Å². The summed E-state index contributed by atoms with van der Waals surface area (Å²) in [5.74, 6) is 0.779. The van der Waals surface area contributed by atoms with Gasteiger partial charge in [-0.2, -0.15) is 5.10 Å². The highest BCUT2D eigenvalue weighted by Gasteiger charge is 2.29. The smallest absolute Gasteiger partial charge is 0.265 e. The molecule has 1 aliphatic rings. The number of carbonyl (C=O) groups is 1. The molecule has 22 heavy (non-hydrogen) atoms. The van der Waals surface area contributed by atoms with Gasteiger partial charge >= 0.3 is 0 Å². The van der Waals surface area contributed by atoms with Crippen LogP contribution >= 0.6 is 11.8 Å². The normalized spacial score (nSPS) is 16.9. The standard InChI is InChI=1S/C14H19N5O2S/c1-3-4-5-18(2)11(20)6-9-8-22-14-16-12-10(7-15-17-12)13(21)19(9)14/h7,9H,3-6,8H2,1-2H3,(H,15,17). The van der Waals surface area contributed by atoms with Crippen LogP contribution in [0.1, 0.15) is 32.2 Å². The molecule has 7 nitrogen and oxygen atoms in total. The molecule has 0 saturated carbocycles. The van der Waals surface area contributed by atoms with Gasteiger partial charge < -0.3 is 4.90 Å². The Morgan fingerprint density at radius 3 is 3.18 bits per heavy atom. The number of H-pyrrole nitrogens is 1. The first-order valence-corrected chi connectivity index (χ1v) is 8.42. The number of amides is 1. The molecule has 118 valence electrons. The summed E-state index contributed by atoms with van der Waals surface area (Å²) < 4.78 is 1.65. The van der Waals surface area contributed by atoms with Crippen molar-refractivity contribution < 1.29 is 4.79 Å². The molecule has 1 amide bonds. The van der Waals surface area contributed by atoms with Crippen LogP contribution in [0.5, 0.6) is 0 Å². The average molecular weight is 321 g/mol. The summed E-state index contributed by atoms with van der Waals surface area (Å²) >= 11 is 1.51. The highest BCUT2D eigenvalue weighted by molar-refractivity contribution is 7.99. The van der Waals surface area contributed by atoms with Crippen molar-refractivity contribution >= 4 is 28.7 Å². The van der Waals surface area contributed by atoms with Gasteiger partial charge in [0.15, 0.2) is 10.8 Å². The maximum Gasteiger partial charge on any atom is 0.265 e. The number of carbonyl (C=O) groups excluding carboxylic acids is 1. The number of hydrogen-bond donors (Lipinski definition) is 1. The number of hydrogen-bond acceptors (Lipinski definition) is 5. The lowest BCUT2D eigenvalue weighted by Gasteiger charge is -2.19. The molecule has 0 aliphatic carbocycles. The largest absolute Gasteiger partial charge is 0.346 e. The molecule has 0 radical (unpaired) electrons. The van der Waals surface area contributed by atoms with E-state index in [1.165, 1.54) is 18.0 Å². The number of nitrogens with one attached hydrogen (secondary N) is 1. The van der Waals surface area contributed by atoms with Gasteiger partial charge in [0.05, 0.1) is 12.2 Å². The highest BCUT2D eigenvalue weighted by Crippen LogP contribution is 2.33. The van der Waals surface area contributed by atoms with E-state index in [1.54, 1.807) is 9.47 Å². The molecule has 0 bridgehead atoms. The summed E-state index contributed by atoms with van der Waals surface area (Å²) in [5, 5.41) is 7.73. The third kappa shape index (κ3) is 2.63. The van der Waals surface area contributed by atoms with Gasteiger partial charge in [0.2, 0.25) is 5.91 Å². The zero-order valence-corrected chi connectivity index (χ0v) is 13.5. The molecule has 0 aromatic carbocycles. The molecule has 1 aliphatic heterocycles. The summed E-state index contributed by atoms with van der Waals surface area (Å²) in [6, 6.07) is -0.129. The number of thioether (sulfide) groups is 1. The number of rotatable bonds is 5. The predicted molar refractivity (Wildman–Crippen MR) is 85.1 cm³/mol. The molecule has 3 rings (SSSR count). The van der Waals surface area contributed by atoms with E-state index < -0.39 is 0 Å². The minimum Gasteiger partial charge on any atom is -0.346 e. The fraction of sp³-hybridized carbons (Fsp3) is 0.571. The second-order valence-electron chi connectivity index (χ2n) is 5.54. The van der Waals surface area contributed by atoms with Crippen molar-refractivity contribution in [1.29, 1.82) is 0 Å². The number of aromatic nitrogens is 4. The van der Waals surface area contributed by atoms with Gasteiger partial charge in [-0.05, 0) is 6.42 Å². The van der Waals surface area contributed by atoms with Crippen LogP contribution in [-0.2, 0) is 4.79 Å². The molecule has 0 saturated heterocycles. The number of nitrogens with zero attached hydrogens (tertiary/aromatic N) is 4. The third-order valence-electron chi connectivity index (χ3n) is 3.94. The molecule has 2 aromatic heterocycles. The van der Waals surface area contributed by atoms with E-state index >= 15 is 0 Å². The molecule has 8 heteroatoms. The summed E-state index contributed by atoms with van der Waals surface area (Å²) in [4.78, 5) is 31.0. The van der Waals surface area contributed by atoms with Gasteiger partial charge in [-0.1, -0.05) is 25.1 Å². The minimum atomic E-state index is -0.129. The van der Waals surface area contributed by atoms with Crippen LogP contribution < -0.4 is 5.56 Å². The molecule has 0 spiro atoms. The van der Waals surface area contributed by atoms with E-state index in [0.29, 0.717) is 28.4 Å². The molecule has 3 heterocycles. The first-order chi connectivity index (χ1) is 10.6. The van der Waals surface area contributed by atoms with E-state index in [2.05, 4.69) is 22.1 Å². The first-order valence-electron chi connectivity index (χ1n) is 7.44. The quantitative estimate of drug-likeness (QED) is 0.842. The van der Waals surface area contributed by atoms with Gasteiger partial charge in [0, 0.05) is 25.8 Å². The van der Waals surface area contributed by atoms with Gasteiger partial charge in [0.25, 0.3) is 5.56 Å². The lowest BCUT2D eigenvalue weighted by molar-refractivity contribution is -0.130. The zero-order valence-electron chi connectivity index (χ0n) is 12.7. The number of aromatic amines is 1. The molecule has 1 unspecified atom stereocenters. The van der Waals surface area contributed by atoms with Crippen LogP contribution in [0.4, 0.5) is 0 Å². The van der Waals surface area contributed by atoms with E-state index in [1.807, 2.05) is 7.05 Å². The van der Waals surface area contributed by atoms with Crippen LogP contribution in [0.15, 0.2) is 16.1 Å². The van der Waals surface area contributed by atoms with Gasteiger partial charge in [-0.3, -0.25) is 19.3 Å². The van der Waals surface area contributed by atoms with Crippen LogP contribution in [0.3, 0.4) is 0 Å². The third-order valence-corrected chi connectivity index (χ3v) is 5.03. The second kappa shape index (κ2) is 6.12. The van der Waals surface area contributed by atoms with Crippen LogP contribution in [-0.4, -0.2) is 49.9 Å². The van der Waals surface area contributed by atoms with Crippen molar-refractivity contribution in [1.82, 2.24) is 24.6 Å². The summed E-state index contributed by atoms with van der Waals surface area (Å²) in [5.41, 5.74) is 0.392. The zero-order chi connectivity index (χ0) is 15.7. The first kappa shape index (κ1) is 15.1. The van der Waals surface area contributed by atoms with Crippen LogP contribution in [0.25, 0.3) is 11.0 Å². The Balaban J connectivity index is 1.82. The average Bonchev–Trinajstić information content (AvgIpc) is 3.12. The van der Waals surface area contributed by atoms with Crippen molar-refractivity contribution in [2.75, 3.05) is 19.3 Å². The van der Waals surface area contributed by atoms with Crippen LogP contribution in [0, 0.1) is 0 Å². The molecular formula is C14H19N5O2S. The lowest BCUT2D eigenvalue weighted by atomic mass is 10.2. The Hall–Kier alpha value is -1.83. The Labute approximate surface area is 132 Å². The SMILES string of the molecule is CCCCN(C)C(=O)CC1CSc2nc3[nH]ncc3c(=O)n21. The van der Waals surface area contributed by atoms with Crippen molar-refractivity contribution in [2.24, 2.45) is 0 Å². The summed E-state index contributed by atoms with van der Waals surface area (Å²) in [6.45, 7) is 2.86. The molecule has 0 fully saturated rings. The predicted octanol–water partition coefficient (Wildman–Crippen LogP) is 1.41.